The minimum absolute atomic E-state index is 0.109. The van der Waals surface area contributed by atoms with Crippen LogP contribution < -0.4 is 10.2 Å². The predicted molar refractivity (Wildman–Crippen MR) is 93.2 cm³/mol. The fraction of sp³-hybridized carbons (Fsp3) is 0.211. The van der Waals surface area contributed by atoms with E-state index in [0.29, 0.717) is 18.7 Å². The summed E-state index contributed by atoms with van der Waals surface area (Å²) in [5.74, 6) is -0.425. The van der Waals surface area contributed by atoms with Gasteiger partial charge in [-0.05, 0) is 36.6 Å². The summed E-state index contributed by atoms with van der Waals surface area (Å²) in [4.78, 5) is 30.7. The Morgan fingerprint density at radius 2 is 2.12 bits per heavy atom. The van der Waals surface area contributed by atoms with E-state index in [1.165, 1.54) is 17.8 Å². The zero-order valence-electron chi connectivity index (χ0n) is 13.4. The van der Waals surface area contributed by atoms with E-state index in [1.54, 1.807) is 17.0 Å². The molecule has 24 heavy (non-hydrogen) atoms. The van der Waals surface area contributed by atoms with Gasteiger partial charge in [-0.3, -0.25) is 14.6 Å². The summed E-state index contributed by atoms with van der Waals surface area (Å²) in [6.07, 6.45) is 5.00. The average molecular weight is 321 g/mol. The molecule has 1 aliphatic rings. The third-order valence-electron chi connectivity index (χ3n) is 4.00. The van der Waals surface area contributed by atoms with Crippen LogP contribution in [0.25, 0.3) is 0 Å². The van der Waals surface area contributed by atoms with Gasteiger partial charge in [0.15, 0.2) is 0 Å². The standard InChI is InChI=1S/C19H19N3O2/c1-2-10-21-18(23)16-13-15(9-11-20-16)19(24)22-12-5-7-14-6-3-4-8-17(14)22/h2-4,6,8-9,11,13H,1,5,7,10,12H2,(H,21,23). The number of anilines is 1. The lowest BCUT2D eigenvalue weighted by molar-refractivity contribution is 0.0953. The van der Waals surface area contributed by atoms with Crippen molar-refractivity contribution >= 4 is 17.5 Å². The number of benzene rings is 1. The van der Waals surface area contributed by atoms with Gasteiger partial charge < -0.3 is 10.2 Å². The molecule has 2 heterocycles. The Morgan fingerprint density at radius 3 is 2.96 bits per heavy atom. The Kier molecular flexibility index (Phi) is 4.70. The highest BCUT2D eigenvalue weighted by Crippen LogP contribution is 2.28. The molecular weight excluding hydrogens is 302 g/mol. The zero-order valence-corrected chi connectivity index (χ0v) is 13.4. The molecule has 5 nitrogen and oxygen atoms in total. The van der Waals surface area contributed by atoms with Gasteiger partial charge in [0, 0.05) is 30.5 Å². The Morgan fingerprint density at radius 1 is 1.29 bits per heavy atom. The van der Waals surface area contributed by atoms with Gasteiger partial charge in [-0.2, -0.15) is 0 Å². The van der Waals surface area contributed by atoms with Gasteiger partial charge in [0.05, 0.1) is 0 Å². The van der Waals surface area contributed by atoms with Crippen molar-refractivity contribution in [3.05, 3.63) is 72.1 Å². The minimum Gasteiger partial charge on any atom is -0.347 e. The smallest absolute Gasteiger partial charge is 0.270 e. The van der Waals surface area contributed by atoms with Gasteiger partial charge >= 0.3 is 0 Å². The van der Waals surface area contributed by atoms with Crippen LogP contribution in [0.15, 0.2) is 55.3 Å². The van der Waals surface area contributed by atoms with Crippen LogP contribution in [0.1, 0.15) is 32.8 Å². The number of rotatable bonds is 4. The lowest BCUT2D eigenvalue weighted by Crippen LogP contribution is -2.35. The van der Waals surface area contributed by atoms with Crippen molar-refractivity contribution in [2.75, 3.05) is 18.0 Å². The molecule has 2 aromatic rings. The monoisotopic (exact) mass is 321 g/mol. The van der Waals surface area contributed by atoms with Crippen LogP contribution in [0.3, 0.4) is 0 Å². The number of nitrogens with one attached hydrogen (secondary N) is 1. The first kappa shape index (κ1) is 15.9. The number of para-hydroxylation sites is 1. The summed E-state index contributed by atoms with van der Waals surface area (Å²) < 4.78 is 0. The van der Waals surface area contributed by atoms with E-state index in [4.69, 9.17) is 0 Å². The highest BCUT2D eigenvalue weighted by molar-refractivity contribution is 6.07. The molecule has 2 amide bonds. The summed E-state index contributed by atoms with van der Waals surface area (Å²) in [5, 5.41) is 2.67. The fourth-order valence-corrected chi connectivity index (χ4v) is 2.84. The second-order valence-electron chi connectivity index (χ2n) is 5.62. The van der Waals surface area contributed by atoms with Gasteiger partial charge in [0.25, 0.3) is 11.8 Å². The number of carbonyl (C=O) groups excluding carboxylic acids is 2. The number of hydrogen-bond acceptors (Lipinski definition) is 3. The summed E-state index contributed by atoms with van der Waals surface area (Å²) in [6, 6.07) is 11.1. The first-order valence-corrected chi connectivity index (χ1v) is 7.95. The van der Waals surface area contributed by atoms with Gasteiger partial charge in [-0.15, -0.1) is 6.58 Å². The number of hydrogen-bond donors (Lipinski definition) is 1. The molecule has 1 aromatic heterocycles. The van der Waals surface area contributed by atoms with E-state index in [2.05, 4.69) is 22.9 Å². The van der Waals surface area contributed by atoms with E-state index >= 15 is 0 Å². The van der Waals surface area contributed by atoms with Crippen LogP contribution in [0, 0.1) is 0 Å². The number of carbonyl (C=O) groups is 2. The van der Waals surface area contributed by atoms with Crippen LogP contribution >= 0.6 is 0 Å². The normalized spacial score (nSPS) is 13.1. The number of fused-ring (bicyclic) bond motifs is 1. The summed E-state index contributed by atoms with van der Waals surface area (Å²) in [6.45, 7) is 4.59. The SMILES string of the molecule is C=CCNC(=O)c1cc(C(=O)N2CCCc3ccccc32)ccn1. The molecule has 0 saturated carbocycles. The van der Waals surface area contributed by atoms with Crippen molar-refractivity contribution in [3.63, 3.8) is 0 Å². The summed E-state index contributed by atoms with van der Waals surface area (Å²) >= 11 is 0. The first-order valence-electron chi connectivity index (χ1n) is 7.95. The van der Waals surface area contributed by atoms with E-state index < -0.39 is 0 Å². The molecular formula is C19H19N3O2. The van der Waals surface area contributed by atoms with Crippen LogP contribution in [-0.2, 0) is 6.42 Å². The van der Waals surface area contributed by atoms with E-state index in [0.717, 1.165) is 18.5 Å². The van der Waals surface area contributed by atoms with Crippen LogP contribution in [0.4, 0.5) is 5.69 Å². The summed E-state index contributed by atoms with van der Waals surface area (Å²) in [5.41, 5.74) is 2.82. The maximum Gasteiger partial charge on any atom is 0.270 e. The van der Waals surface area contributed by atoms with Crippen molar-refractivity contribution in [2.45, 2.75) is 12.8 Å². The first-order chi connectivity index (χ1) is 11.7. The number of amides is 2. The molecule has 0 saturated heterocycles. The number of nitrogens with zero attached hydrogens (tertiary/aromatic N) is 2. The fourth-order valence-electron chi connectivity index (χ4n) is 2.84. The Bertz CT molecular complexity index is 786. The van der Waals surface area contributed by atoms with Gasteiger partial charge in [0.1, 0.15) is 5.69 Å². The Balaban J connectivity index is 1.86. The zero-order chi connectivity index (χ0) is 16.9. The number of pyridine rings is 1. The molecule has 0 unspecified atom stereocenters. The van der Waals surface area contributed by atoms with E-state index in [-0.39, 0.29) is 17.5 Å². The van der Waals surface area contributed by atoms with Crippen molar-refractivity contribution < 1.29 is 9.59 Å². The predicted octanol–water partition coefficient (Wildman–Crippen LogP) is 2.59. The number of aryl methyl sites for hydroxylation is 1. The molecule has 0 radical (unpaired) electrons. The maximum atomic E-state index is 12.9. The Labute approximate surface area is 141 Å². The second kappa shape index (κ2) is 7.08. The van der Waals surface area contributed by atoms with E-state index in [1.807, 2.05) is 18.2 Å². The minimum atomic E-state index is -0.316. The second-order valence-corrected chi connectivity index (χ2v) is 5.62. The summed E-state index contributed by atoms with van der Waals surface area (Å²) in [7, 11) is 0. The van der Waals surface area contributed by atoms with E-state index in [9.17, 15) is 9.59 Å². The molecule has 0 fully saturated rings. The molecule has 1 N–H and O–H groups in total. The molecule has 122 valence electrons. The molecule has 0 spiro atoms. The van der Waals surface area contributed by atoms with Gasteiger partial charge in [0.2, 0.25) is 0 Å². The van der Waals surface area contributed by atoms with Gasteiger partial charge in [-0.25, -0.2) is 0 Å². The van der Waals surface area contributed by atoms with Crippen molar-refractivity contribution in [3.8, 4) is 0 Å². The third-order valence-corrected chi connectivity index (χ3v) is 4.00. The lowest BCUT2D eigenvalue weighted by Gasteiger charge is -2.29. The van der Waals surface area contributed by atoms with Gasteiger partial charge in [-0.1, -0.05) is 24.3 Å². The van der Waals surface area contributed by atoms with Crippen molar-refractivity contribution in [2.24, 2.45) is 0 Å². The molecule has 1 aromatic carbocycles. The van der Waals surface area contributed by atoms with Crippen molar-refractivity contribution in [1.82, 2.24) is 10.3 Å². The molecule has 1 aliphatic heterocycles. The third kappa shape index (κ3) is 3.20. The lowest BCUT2D eigenvalue weighted by atomic mass is 10.0. The van der Waals surface area contributed by atoms with Crippen LogP contribution in [-0.4, -0.2) is 29.9 Å². The molecule has 0 atom stereocenters. The average Bonchev–Trinajstić information content (AvgIpc) is 2.65. The molecule has 3 rings (SSSR count). The molecule has 5 heteroatoms. The van der Waals surface area contributed by atoms with Crippen molar-refractivity contribution in [1.29, 1.82) is 0 Å². The maximum absolute atomic E-state index is 12.9. The highest BCUT2D eigenvalue weighted by Gasteiger charge is 2.23. The number of aromatic nitrogens is 1. The highest BCUT2D eigenvalue weighted by atomic mass is 16.2. The largest absolute Gasteiger partial charge is 0.347 e. The molecule has 0 bridgehead atoms. The van der Waals surface area contributed by atoms with Crippen LogP contribution in [0.5, 0.6) is 0 Å². The molecule has 0 aliphatic carbocycles. The van der Waals surface area contributed by atoms with Crippen LogP contribution in [0.2, 0.25) is 0 Å². The topological polar surface area (TPSA) is 62.3 Å². The Hall–Kier alpha value is -2.95. The quantitative estimate of drug-likeness (QED) is 0.881.